The molecule has 0 bridgehead atoms. The minimum atomic E-state index is 0.0949. The minimum Gasteiger partial charge on any atom is -0.378 e. The molecule has 3 heterocycles. The van der Waals surface area contributed by atoms with Gasteiger partial charge in [0.05, 0.1) is 13.2 Å². The highest BCUT2D eigenvalue weighted by molar-refractivity contribution is 5.95. The molecule has 1 amide bonds. The van der Waals surface area contributed by atoms with E-state index >= 15 is 0 Å². The SMILES string of the molecule is Cc1cccc(N2CCN(C(=O)c3ccnc(N4CCOCC4)c3)CC2)c1C. The van der Waals surface area contributed by atoms with E-state index in [9.17, 15) is 4.79 Å². The fourth-order valence-electron chi connectivity index (χ4n) is 3.93. The van der Waals surface area contributed by atoms with Crippen LogP contribution in [-0.4, -0.2) is 68.3 Å². The number of pyridine rings is 1. The van der Waals surface area contributed by atoms with Gasteiger partial charge >= 0.3 is 0 Å². The van der Waals surface area contributed by atoms with Gasteiger partial charge in [-0.3, -0.25) is 4.79 Å². The number of carbonyl (C=O) groups excluding carboxylic acids is 1. The van der Waals surface area contributed by atoms with Crippen molar-refractivity contribution >= 4 is 17.4 Å². The van der Waals surface area contributed by atoms with Gasteiger partial charge in [-0.2, -0.15) is 0 Å². The number of benzene rings is 1. The Morgan fingerprint density at radius 2 is 1.71 bits per heavy atom. The Hall–Kier alpha value is -2.60. The van der Waals surface area contributed by atoms with Gasteiger partial charge in [0.2, 0.25) is 0 Å². The Kier molecular flexibility index (Phi) is 5.48. The second-order valence-corrected chi connectivity index (χ2v) is 7.50. The van der Waals surface area contributed by atoms with Crippen LogP contribution in [0.2, 0.25) is 0 Å². The predicted octanol–water partition coefficient (Wildman–Crippen LogP) is 2.50. The fourth-order valence-corrected chi connectivity index (χ4v) is 3.93. The fraction of sp³-hybridized carbons (Fsp3) is 0.455. The van der Waals surface area contributed by atoms with Crippen molar-refractivity contribution < 1.29 is 9.53 Å². The minimum absolute atomic E-state index is 0.0949. The summed E-state index contributed by atoms with van der Waals surface area (Å²) in [7, 11) is 0. The van der Waals surface area contributed by atoms with Crippen molar-refractivity contribution in [2.75, 3.05) is 62.3 Å². The monoisotopic (exact) mass is 380 g/mol. The second kappa shape index (κ2) is 8.19. The lowest BCUT2D eigenvalue weighted by Gasteiger charge is -2.37. The molecule has 6 nitrogen and oxygen atoms in total. The van der Waals surface area contributed by atoms with E-state index < -0.39 is 0 Å². The Morgan fingerprint density at radius 1 is 0.964 bits per heavy atom. The first kappa shape index (κ1) is 18.7. The molecule has 2 fully saturated rings. The number of rotatable bonds is 3. The van der Waals surface area contributed by atoms with Crippen molar-refractivity contribution in [1.29, 1.82) is 0 Å². The lowest BCUT2D eigenvalue weighted by atomic mass is 10.1. The number of anilines is 2. The second-order valence-electron chi connectivity index (χ2n) is 7.50. The molecule has 2 aliphatic heterocycles. The van der Waals surface area contributed by atoms with Crippen molar-refractivity contribution in [3.05, 3.63) is 53.2 Å². The molecule has 0 unspecified atom stereocenters. The molecule has 0 spiro atoms. The molecule has 0 aliphatic carbocycles. The maximum atomic E-state index is 13.0. The molecule has 0 N–H and O–H groups in total. The largest absolute Gasteiger partial charge is 0.378 e. The summed E-state index contributed by atoms with van der Waals surface area (Å²) in [5, 5.41) is 0. The van der Waals surface area contributed by atoms with E-state index in [-0.39, 0.29) is 5.91 Å². The van der Waals surface area contributed by atoms with E-state index in [0.29, 0.717) is 13.2 Å². The summed E-state index contributed by atoms with van der Waals surface area (Å²) < 4.78 is 5.41. The number of morpholine rings is 1. The number of ether oxygens (including phenoxy) is 1. The van der Waals surface area contributed by atoms with Crippen LogP contribution in [0.3, 0.4) is 0 Å². The summed E-state index contributed by atoms with van der Waals surface area (Å²) in [6.07, 6.45) is 1.74. The van der Waals surface area contributed by atoms with Crippen LogP contribution in [0.15, 0.2) is 36.5 Å². The van der Waals surface area contributed by atoms with Crippen molar-refractivity contribution in [3.63, 3.8) is 0 Å². The molecule has 0 radical (unpaired) electrons. The number of aryl methyl sites for hydroxylation is 1. The molecule has 0 saturated carbocycles. The predicted molar refractivity (Wildman–Crippen MR) is 111 cm³/mol. The molecule has 1 aromatic heterocycles. The molecule has 2 aromatic rings. The first-order valence-electron chi connectivity index (χ1n) is 10.0. The number of aromatic nitrogens is 1. The zero-order chi connectivity index (χ0) is 19.5. The molecule has 0 atom stereocenters. The van der Waals surface area contributed by atoms with E-state index in [4.69, 9.17) is 4.74 Å². The molecule has 6 heteroatoms. The summed E-state index contributed by atoms with van der Waals surface area (Å²) in [4.78, 5) is 24.0. The molecule has 1 aromatic carbocycles. The normalized spacial score (nSPS) is 17.7. The van der Waals surface area contributed by atoms with Crippen LogP contribution in [0.5, 0.6) is 0 Å². The Morgan fingerprint density at radius 3 is 2.46 bits per heavy atom. The van der Waals surface area contributed by atoms with Gasteiger partial charge in [-0.1, -0.05) is 12.1 Å². The average Bonchev–Trinajstić information content (AvgIpc) is 2.76. The Labute approximate surface area is 166 Å². The number of piperazine rings is 1. The number of hydrogen-bond donors (Lipinski definition) is 0. The molecule has 28 heavy (non-hydrogen) atoms. The van der Waals surface area contributed by atoms with Crippen LogP contribution in [-0.2, 0) is 4.74 Å². The zero-order valence-corrected chi connectivity index (χ0v) is 16.7. The van der Waals surface area contributed by atoms with E-state index in [2.05, 4.69) is 46.8 Å². The molecular formula is C22H28N4O2. The molecular weight excluding hydrogens is 352 g/mol. The third kappa shape index (κ3) is 3.83. The highest BCUT2D eigenvalue weighted by Crippen LogP contribution is 2.24. The van der Waals surface area contributed by atoms with E-state index in [1.54, 1.807) is 6.20 Å². The van der Waals surface area contributed by atoms with Crippen molar-refractivity contribution in [2.24, 2.45) is 0 Å². The first-order valence-corrected chi connectivity index (χ1v) is 10.0. The molecule has 2 saturated heterocycles. The molecule has 4 rings (SSSR count). The van der Waals surface area contributed by atoms with E-state index in [1.165, 1.54) is 16.8 Å². The molecule has 2 aliphatic rings. The lowest BCUT2D eigenvalue weighted by Crippen LogP contribution is -2.49. The summed E-state index contributed by atoms with van der Waals surface area (Å²) in [6, 6.07) is 10.2. The van der Waals surface area contributed by atoms with Gasteiger partial charge in [0.1, 0.15) is 5.82 Å². The quantitative estimate of drug-likeness (QED) is 0.819. The Balaban J connectivity index is 1.42. The van der Waals surface area contributed by atoms with Crippen LogP contribution in [0.25, 0.3) is 0 Å². The van der Waals surface area contributed by atoms with Gasteiger partial charge in [-0.05, 0) is 43.2 Å². The standard InChI is InChI=1S/C22H28N4O2/c1-17-4-3-5-20(18(17)2)24-8-10-26(11-9-24)22(27)19-6-7-23-21(16-19)25-12-14-28-15-13-25/h3-7,16H,8-15H2,1-2H3. The highest BCUT2D eigenvalue weighted by atomic mass is 16.5. The van der Waals surface area contributed by atoms with Gasteiger partial charge in [0, 0.05) is 56.7 Å². The van der Waals surface area contributed by atoms with Crippen LogP contribution in [0.4, 0.5) is 11.5 Å². The van der Waals surface area contributed by atoms with Crippen molar-refractivity contribution in [1.82, 2.24) is 9.88 Å². The number of carbonyl (C=O) groups is 1. The first-order chi connectivity index (χ1) is 13.6. The van der Waals surface area contributed by atoms with Crippen molar-refractivity contribution in [3.8, 4) is 0 Å². The third-order valence-electron chi connectivity index (χ3n) is 5.81. The summed E-state index contributed by atoms with van der Waals surface area (Å²) in [5.74, 6) is 0.959. The number of amides is 1. The van der Waals surface area contributed by atoms with Gasteiger partial charge in [0.25, 0.3) is 5.91 Å². The van der Waals surface area contributed by atoms with Crippen LogP contribution >= 0.6 is 0 Å². The van der Waals surface area contributed by atoms with Crippen LogP contribution in [0.1, 0.15) is 21.5 Å². The lowest BCUT2D eigenvalue weighted by molar-refractivity contribution is 0.0746. The number of nitrogens with zero attached hydrogens (tertiary/aromatic N) is 4. The van der Waals surface area contributed by atoms with Gasteiger partial charge in [-0.25, -0.2) is 4.98 Å². The maximum absolute atomic E-state index is 13.0. The van der Waals surface area contributed by atoms with Gasteiger partial charge in [0.15, 0.2) is 0 Å². The topological polar surface area (TPSA) is 48.9 Å². The highest BCUT2D eigenvalue weighted by Gasteiger charge is 2.24. The zero-order valence-electron chi connectivity index (χ0n) is 16.7. The Bertz CT molecular complexity index is 840. The van der Waals surface area contributed by atoms with Gasteiger partial charge < -0.3 is 19.4 Å². The maximum Gasteiger partial charge on any atom is 0.254 e. The van der Waals surface area contributed by atoms with E-state index in [0.717, 1.165) is 50.6 Å². The van der Waals surface area contributed by atoms with Crippen molar-refractivity contribution in [2.45, 2.75) is 13.8 Å². The summed E-state index contributed by atoms with van der Waals surface area (Å²) in [5.41, 5.74) is 4.64. The third-order valence-corrected chi connectivity index (χ3v) is 5.81. The van der Waals surface area contributed by atoms with Crippen LogP contribution < -0.4 is 9.80 Å². The molecule has 148 valence electrons. The van der Waals surface area contributed by atoms with Crippen LogP contribution in [0, 0.1) is 13.8 Å². The smallest absolute Gasteiger partial charge is 0.254 e. The average molecular weight is 380 g/mol. The summed E-state index contributed by atoms with van der Waals surface area (Å²) >= 11 is 0. The number of hydrogen-bond acceptors (Lipinski definition) is 5. The van der Waals surface area contributed by atoms with E-state index in [1.807, 2.05) is 17.0 Å². The van der Waals surface area contributed by atoms with Gasteiger partial charge in [-0.15, -0.1) is 0 Å². The summed E-state index contributed by atoms with van der Waals surface area (Å²) in [6.45, 7) is 10.6.